The Hall–Kier alpha value is -0.770. The first-order valence-electron chi connectivity index (χ1n) is 4.23. The quantitative estimate of drug-likeness (QED) is 0.866. The summed E-state index contributed by atoms with van der Waals surface area (Å²) in [7, 11) is 0. The highest BCUT2D eigenvalue weighted by Gasteiger charge is 2.25. The van der Waals surface area contributed by atoms with Gasteiger partial charge in [-0.15, -0.1) is 0 Å². The molecule has 0 radical (unpaired) electrons. The zero-order valence-corrected chi connectivity index (χ0v) is 8.85. The van der Waals surface area contributed by atoms with E-state index in [1.54, 1.807) is 13.0 Å². The Labute approximate surface area is 84.6 Å². The molecule has 1 fully saturated rings. The lowest BCUT2D eigenvalue weighted by molar-refractivity contribution is 0.0949. The molecule has 3 nitrogen and oxygen atoms in total. The number of carbonyl (C=O) groups excluding carboxylic acids is 1. The second-order valence-electron chi connectivity index (χ2n) is 3.27. The van der Waals surface area contributed by atoms with Crippen LogP contribution < -0.4 is 5.32 Å². The van der Waals surface area contributed by atoms with E-state index in [2.05, 4.69) is 21.2 Å². The summed E-state index contributed by atoms with van der Waals surface area (Å²) < 4.78 is 5.80. The first-order valence-corrected chi connectivity index (χ1v) is 5.03. The van der Waals surface area contributed by atoms with Gasteiger partial charge in [-0.05, 0) is 35.7 Å². The van der Waals surface area contributed by atoms with Crippen LogP contribution in [0.3, 0.4) is 0 Å². The van der Waals surface area contributed by atoms with Crippen molar-refractivity contribution in [1.29, 1.82) is 0 Å². The van der Waals surface area contributed by atoms with Crippen molar-refractivity contribution in [2.45, 2.75) is 25.8 Å². The van der Waals surface area contributed by atoms with Crippen molar-refractivity contribution < 1.29 is 9.21 Å². The first kappa shape index (κ1) is 8.81. The van der Waals surface area contributed by atoms with Gasteiger partial charge in [0, 0.05) is 12.1 Å². The number of furan rings is 1. The number of nitrogens with one attached hydrogen (secondary N) is 1. The van der Waals surface area contributed by atoms with E-state index in [0.29, 0.717) is 22.0 Å². The third kappa shape index (κ3) is 1.94. The maximum absolute atomic E-state index is 11.5. The van der Waals surface area contributed by atoms with E-state index in [9.17, 15) is 4.79 Å². The maximum atomic E-state index is 11.5. The van der Waals surface area contributed by atoms with E-state index in [0.717, 1.165) is 12.8 Å². The van der Waals surface area contributed by atoms with Crippen LogP contribution in [0.5, 0.6) is 0 Å². The third-order valence-corrected chi connectivity index (χ3v) is 2.44. The van der Waals surface area contributed by atoms with Crippen LogP contribution in [0, 0.1) is 6.92 Å². The molecule has 13 heavy (non-hydrogen) atoms. The molecule has 1 aliphatic carbocycles. The predicted octanol–water partition coefficient (Wildman–Crippen LogP) is 2.24. The van der Waals surface area contributed by atoms with Gasteiger partial charge in [0.25, 0.3) is 5.91 Å². The van der Waals surface area contributed by atoms with Crippen LogP contribution in [0.25, 0.3) is 0 Å². The smallest absolute Gasteiger partial charge is 0.255 e. The number of carbonyl (C=O) groups is 1. The molecule has 1 amide bonds. The summed E-state index contributed by atoms with van der Waals surface area (Å²) in [6.45, 7) is 1.78. The van der Waals surface area contributed by atoms with Gasteiger partial charge >= 0.3 is 0 Å². The van der Waals surface area contributed by atoms with Crippen LogP contribution in [-0.4, -0.2) is 11.9 Å². The second kappa shape index (κ2) is 3.18. The molecule has 1 aliphatic rings. The molecule has 1 N–H and O–H groups in total. The minimum absolute atomic E-state index is 0.0329. The molecule has 4 heteroatoms. The Morgan fingerprint density at radius 2 is 2.38 bits per heavy atom. The number of hydrogen-bond donors (Lipinski definition) is 1. The zero-order chi connectivity index (χ0) is 9.42. The molecule has 1 heterocycles. The van der Waals surface area contributed by atoms with Crippen molar-refractivity contribution in [1.82, 2.24) is 5.32 Å². The van der Waals surface area contributed by atoms with Crippen LogP contribution in [0.4, 0.5) is 0 Å². The second-order valence-corrected chi connectivity index (χ2v) is 4.05. The molecule has 1 aromatic heterocycles. The van der Waals surface area contributed by atoms with Crippen molar-refractivity contribution in [2.75, 3.05) is 0 Å². The van der Waals surface area contributed by atoms with Gasteiger partial charge in [-0.1, -0.05) is 0 Å². The highest BCUT2D eigenvalue weighted by molar-refractivity contribution is 9.10. The highest BCUT2D eigenvalue weighted by atomic mass is 79.9. The Morgan fingerprint density at radius 3 is 2.85 bits per heavy atom. The van der Waals surface area contributed by atoms with Gasteiger partial charge in [0.15, 0.2) is 4.67 Å². The maximum Gasteiger partial charge on any atom is 0.255 e. The molecule has 70 valence electrons. The molecule has 0 saturated heterocycles. The number of rotatable bonds is 2. The topological polar surface area (TPSA) is 42.2 Å². The summed E-state index contributed by atoms with van der Waals surface area (Å²) in [6.07, 6.45) is 2.20. The summed E-state index contributed by atoms with van der Waals surface area (Å²) in [6, 6.07) is 2.09. The van der Waals surface area contributed by atoms with Crippen molar-refractivity contribution in [3.8, 4) is 0 Å². The molecular formula is C9H10BrNO2. The van der Waals surface area contributed by atoms with E-state index in [1.165, 1.54) is 0 Å². The van der Waals surface area contributed by atoms with Gasteiger partial charge in [0.2, 0.25) is 0 Å². The van der Waals surface area contributed by atoms with Crippen LogP contribution in [0.2, 0.25) is 0 Å². The van der Waals surface area contributed by atoms with E-state index in [4.69, 9.17) is 4.42 Å². The molecule has 0 aliphatic heterocycles. The highest BCUT2D eigenvalue weighted by Crippen LogP contribution is 2.22. The summed E-state index contributed by atoms with van der Waals surface area (Å²) in [5.74, 6) is 0.625. The Bertz CT molecular complexity index is 341. The van der Waals surface area contributed by atoms with Crippen molar-refractivity contribution in [3.63, 3.8) is 0 Å². The lowest BCUT2D eigenvalue weighted by Gasteiger charge is -1.99. The standard InChI is InChI=1S/C9H10BrNO2/c1-5-7(4-8(10)13-5)9(12)11-6-2-3-6/h4,6H,2-3H2,1H3,(H,11,12). The molecule has 0 aromatic carbocycles. The van der Waals surface area contributed by atoms with Crippen LogP contribution in [0.15, 0.2) is 15.2 Å². The lowest BCUT2D eigenvalue weighted by Crippen LogP contribution is -2.25. The number of amides is 1. The molecule has 0 bridgehead atoms. The number of hydrogen-bond acceptors (Lipinski definition) is 2. The van der Waals surface area contributed by atoms with Crippen LogP contribution in [0.1, 0.15) is 29.0 Å². The molecule has 0 spiro atoms. The monoisotopic (exact) mass is 243 g/mol. The van der Waals surface area contributed by atoms with Gasteiger partial charge in [0.1, 0.15) is 5.76 Å². The van der Waals surface area contributed by atoms with Crippen LogP contribution >= 0.6 is 15.9 Å². The Morgan fingerprint density at radius 1 is 1.69 bits per heavy atom. The normalized spacial score (nSPS) is 15.8. The fourth-order valence-electron chi connectivity index (χ4n) is 1.16. The SMILES string of the molecule is Cc1oc(Br)cc1C(=O)NC1CC1. The molecular weight excluding hydrogens is 234 g/mol. The lowest BCUT2D eigenvalue weighted by atomic mass is 10.2. The molecule has 0 atom stereocenters. The van der Waals surface area contributed by atoms with E-state index < -0.39 is 0 Å². The van der Waals surface area contributed by atoms with Gasteiger partial charge in [-0.2, -0.15) is 0 Å². The zero-order valence-electron chi connectivity index (χ0n) is 7.26. The number of aryl methyl sites for hydroxylation is 1. The minimum Gasteiger partial charge on any atom is -0.454 e. The number of halogens is 1. The average molecular weight is 244 g/mol. The molecule has 0 unspecified atom stereocenters. The fourth-order valence-corrected chi connectivity index (χ4v) is 1.63. The summed E-state index contributed by atoms with van der Waals surface area (Å²) in [4.78, 5) is 11.5. The fraction of sp³-hybridized carbons (Fsp3) is 0.444. The van der Waals surface area contributed by atoms with E-state index in [-0.39, 0.29) is 5.91 Å². The van der Waals surface area contributed by atoms with Crippen molar-refractivity contribution in [2.24, 2.45) is 0 Å². The van der Waals surface area contributed by atoms with Gasteiger partial charge < -0.3 is 9.73 Å². The minimum atomic E-state index is -0.0329. The first-order chi connectivity index (χ1) is 6.16. The summed E-state index contributed by atoms with van der Waals surface area (Å²) in [5, 5.41) is 2.90. The van der Waals surface area contributed by atoms with Crippen molar-refractivity contribution >= 4 is 21.8 Å². The molecule has 2 rings (SSSR count). The van der Waals surface area contributed by atoms with Gasteiger partial charge in [-0.3, -0.25) is 4.79 Å². The summed E-state index contributed by atoms with van der Waals surface area (Å²) in [5.41, 5.74) is 0.624. The average Bonchev–Trinajstić information content (AvgIpc) is 2.77. The predicted molar refractivity (Wildman–Crippen MR) is 51.6 cm³/mol. The van der Waals surface area contributed by atoms with Crippen LogP contribution in [-0.2, 0) is 0 Å². The van der Waals surface area contributed by atoms with E-state index in [1.807, 2.05) is 0 Å². The summed E-state index contributed by atoms with van der Waals surface area (Å²) >= 11 is 3.19. The largest absolute Gasteiger partial charge is 0.454 e. The van der Waals surface area contributed by atoms with Crippen molar-refractivity contribution in [3.05, 3.63) is 22.1 Å². The van der Waals surface area contributed by atoms with Gasteiger partial charge in [-0.25, -0.2) is 0 Å². The van der Waals surface area contributed by atoms with Gasteiger partial charge in [0.05, 0.1) is 5.56 Å². The third-order valence-electron chi connectivity index (χ3n) is 2.04. The molecule has 1 aromatic rings. The van der Waals surface area contributed by atoms with E-state index >= 15 is 0 Å². The Balaban J connectivity index is 2.13. The molecule has 1 saturated carbocycles. The Kier molecular flexibility index (Phi) is 2.15.